The number of hydrogen-bond donors (Lipinski definition) is 0. The number of allylic oxidation sites excluding steroid dienone is 4. The van der Waals surface area contributed by atoms with E-state index in [9.17, 15) is 0 Å². The van der Waals surface area contributed by atoms with E-state index in [4.69, 9.17) is 0 Å². The Kier molecular flexibility index (Phi) is 5.05. The summed E-state index contributed by atoms with van der Waals surface area (Å²) in [5.74, 6) is 0. The molecule has 0 aromatic carbocycles. The van der Waals surface area contributed by atoms with Gasteiger partial charge in [-0.25, -0.2) is 0 Å². The molecule has 0 unspecified atom stereocenters. The van der Waals surface area contributed by atoms with Gasteiger partial charge in [-0.2, -0.15) is 0 Å². The van der Waals surface area contributed by atoms with Crippen molar-refractivity contribution in [1.82, 2.24) is 0 Å². The molecule has 0 aromatic heterocycles. The van der Waals surface area contributed by atoms with Gasteiger partial charge in [0.15, 0.2) is 0 Å². The molecule has 0 aliphatic carbocycles. The Balaban J connectivity index is 5.03. The highest BCUT2D eigenvalue weighted by Crippen LogP contribution is 2.33. The second-order valence-electron chi connectivity index (χ2n) is 4.28. The fourth-order valence-electron chi connectivity index (χ4n) is 1.49. The van der Waals surface area contributed by atoms with Crippen molar-refractivity contribution in [3.05, 3.63) is 23.3 Å². The summed E-state index contributed by atoms with van der Waals surface area (Å²) in [6.07, 6.45) is 6.77. The highest BCUT2D eigenvalue weighted by atomic mass is 14.2. The third-order valence-electron chi connectivity index (χ3n) is 2.94. The first-order valence-electron chi connectivity index (χ1n) is 5.32. The molecule has 0 N–H and O–H groups in total. The number of hydrogen-bond acceptors (Lipinski definition) is 0. The van der Waals surface area contributed by atoms with E-state index in [0.717, 1.165) is 6.42 Å². The summed E-state index contributed by atoms with van der Waals surface area (Å²) in [6.45, 7) is 13.5. The van der Waals surface area contributed by atoms with E-state index < -0.39 is 0 Å². The van der Waals surface area contributed by atoms with E-state index in [1.54, 1.807) is 0 Å². The Morgan fingerprint density at radius 3 is 2.08 bits per heavy atom. The first kappa shape index (κ1) is 12.5. The van der Waals surface area contributed by atoms with Crippen molar-refractivity contribution in [2.45, 2.75) is 54.4 Å². The van der Waals surface area contributed by atoms with Gasteiger partial charge < -0.3 is 0 Å². The standard InChI is InChI=1S/C13H24/c1-7-10-12(11(4)8-2)13(5,6)9-3/h7,10H,8-9H2,1-6H3/b10-7+,12-11-. The van der Waals surface area contributed by atoms with Crippen LogP contribution in [0.3, 0.4) is 0 Å². The van der Waals surface area contributed by atoms with E-state index in [1.807, 2.05) is 0 Å². The maximum absolute atomic E-state index is 2.32. The molecule has 0 nitrogen and oxygen atoms in total. The Hall–Kier alpha value is -0.520. The molecule has 0 fully saturated rings. The normalized spacial score (nSPS) is 14.9. The van der Waals surface area contributed by atoms with Crippen LogP contribution >= 0.6 is 0 Å². The molecule has 0 heterocycles. The van der Waals surface area contributed by atoms with Gasteiger partial charge >= 0.3 is 0 Å². The molecule has 0 radical (unpaired) electrons. The molecule has 0 aliphatic rings. The topological polar surface area (TPSA) is 0 Å². The van der Waals surface area contributed by atoms with Crippen molar-refractivity contribution in [3.63, 3.8) is 0 Å². The lowest BCUT2D eigenvalue weighted by Crippen LogP contribution is -2.13. The van der Waals surface area contributed by atoms with Gasteiger partial charge in [0.2, 0.25) is 0 Å². The van der Waals surface area contributed by atoms with Gasteiger partial charge in [0, 0.05) is 0 Å². The molecule has 0 aromatic rings. The monoisotopic (exact) mass is 180 g/mol. The SMILES string of the molecule is C/C=C/C(=C(\C)CC)C(C)(C)CC. The maximum Gasteiger partial charge on any atom is -0.0107 e. The molecular formula is C13H24. The van der Waals surface area contributed by atoms with Gasteiger partial charge in [-0.15, -0.1) is 0 Å². The summed E-state index contributed by atoms with van der Waals surface area (Å²) in [5, 5.41) is 0. The quantitative estimate of drug-likeness (QED) is 0.549. The smallest absolute Gasteiger partial charge is 0.0107 e. The molecule has 0 saturated heterocycles. The van der Waals surface area contributed by atoms with Crippen molar-refractivity contribution >= 4 is 0 Å². The van der Waals surface area contributed by atoms with Crippen molar-refractivity contribution in [2.75, 3.05) is 0 Å². The van der Waals surface area contributed by atoms with Crippen LogP contribution in [0, 0.1) is 5.41 Å². The summed E-state index contributed by atoms with van der Waals surface area (Å²) in [7, 11) is 0. The Labute approximate surface area is 83.7 Å². The van der Waals surface area contributed by atoms with E-state index in [0.29, 0.717) is 5.41 Å². The zero-order valence-electron chi connectivity index (χ0n) is 10.1. The van der Waals surface area contributed by atoms with Crippen molar-refractivity contribution in [3.8, 4) is 0 Å². The highest BCUT2D eigenvalue weighted by Gasteiger charge is 2.20. The second kappa shape index (κ2) is 5.26. The summed E-state index contributed by atoms with van der Waals surface area (Å²) in [5.41, 5.74) is 3.36. The average molecular weight is 180 g/mol. The lowest BCUT2D eigenvalue weighted by Gasteiger charge is -2.26. The lowest BCUT2D eigenvalue weighted by molar-refractivity contribution is 0.434. The molecule has 0 heteroatoms. The van der Waals surface area contributed by atoms with Crippen LogP contribution in [-0.2, 0) is 0 Å². The average Bonchev–Trinajstić information content (AvgIpc) is 2.12. The van der Waals surface area contributed by atoms with Crippen LogP contribution in [0.4, 0.5) is 0 Å². The molecule has 0 saturated carbocycles. The minimum Gasteiger partial charge on any atom is -0.0874 e. The number of rotatable bonds is 4. The third kappa shape index (κ3) is 3.38. The zero-order valence-corrected chi connectivity index (χ0v) is 10.1. The minimum atomic E-state index is 0.326. The predicted octanol–water partition coefficient (Wildman–Crippen LogP) is 4.73. The van der Waals surface area contributed by atoms with Crippen molar-refractivity contribution < 1.29 is 0 Å². The molecule has 13 heavy (non-hydrogen) atoms. The molecule has 0 bridgehead atoms. The predicted molar refractivity (Wildman–Crippen MR) is 61.9 cm³/mol. The third-order valence-corrected chi connectivity index (χ3v) is 2.94. The largest absolute Gasteiger partial charge is 0.0874 e. The van der Waals surface area contributed by atoms with E-state index >= 15 is 0 Å². The van der Waals surface area contributed by atoms with Crippen molar-refractivity contribution in [1.29, 1.82) is 0 Å². The van der Waals surface area contributed by atoms with Crippen LogP contribution in [0.2, 0.25) is 0 Å². The minimum absolute atomic E-state index is 0.326. The molecule has 0 aliphatic heterocycles. The van der Waals surface area contributed by atoms with Crippen LogP contribution in [0.5, 0.6) is 0 Å². The summed E-state index contributed by atoms with van der Waals surface area (Å²) < 4.78 is 0. The molecule has 0 rings (SSSR count). The Bertz CT molecular complexity index is 204. The molecule has 0 atom stereocenters. The zero-order chi connectivity index (χ0) is 10.5. The first-order valence-corrected chi connectivity index (χ1v) is 5.32. The molecular weight excluding hydrogens is 156 g/mol. The Morgan fingerprint density at radius 2 is 1.77 bits per heavy atom. The summed E-state index contributed by atoms with van der Waals surface area (Å²) >= 11 is 0. The van der Waals surface area contributed by atoms with Crippen LogP contribution in [0.1, 0.15) is 54.4 Å². The maximum atomic E-state index is 2.32. The summed E-state index contributed by atoms with van der Waals surface area (Å²) in [6, 6.07) is 0. The fourth-order valence-corrected chi connectivity index (χ4v) is 1.49. The molecule has 76 valence electrons. The second-order valence-corrected chi connectivity index (χ2v) is 4.28. The van der Waals surface area contributed by atoms with Gasteiger partial charge in [0.1, 0.15) is 0 Å². The first-order chi connectivity index (χ1) is 5.99. The van der Waals surface area contributed by atoms with Crippen LogP contribution in [0.15, 0.2) is 23.3 Å². The van der Waals surface area contributed by atoms with E-state index in [2.05, 4.69) is 53.7 Å². The fraction of sp³-hybridized carbons (Fsp3) is 0.692. The van der Waals surface area contributed by atoms with Gasteiger partial charge in [0.25, 0.3) is 0 Å². The van der Waals surface area contributed by atoms with Crippen molar-refractivity contribution in [2.24, 2.45) is 5.41 Å². The van der Waals surface area contributed by atoms with Crippen LogP contribution in [-0.4, -0.2) is 0 Å². The molecule has 0 amide bonds. The van der Waals surface area contributed by atoms with Crippen LogP contribution in [0.25, 0.3) is 0 Å². The molecule has 0 spiro atoms. The highest BCUT2D eigenvalue weighted by molar-refractivity contribution is 5.30. The van der Waals surface area contributed by atoms with E-state index in [-0.39, 0.29) is 0 Å². The Morgan fingerprint density at radius 1 is 1.23 bits per heavy atom. The van der Waals surface area contributed by atoms with Gasteiger partial charge in [-0.3, -0.25) is 0 Å². The van der Waals surface area contributed by atoms with Gasteiger partial charge in [0.05, 0.1) is 0 Å². The van der Waals surface area contributed by atoms with Gasteiger partial charge in [-0.1, -0.05) is 45.4 Å². The van der Waals surface area contributed by atoms with Crippen LogP contribution < -0.4 is 0 Å². The van der Waals surface area contributed by atoms with Gasteiger partial charge in [-0.05, 0) is 37.7 Å². The summed E-state index contributed by atoms with van der Waals surface area (Å²) in [4.78, 5) is 0. The lowest BCUT2D eigenvalue weighted by atomic mass is 9.78. The van der Waals surface area contributed by atoms with E-state index in [1.165, 1.54) is 17.6 Å².